The molecule has 0 radical (unpaired) electrons. The minimum Gasteiger partial charge on any atom is -0.497 e. The fourth-order valence-corrected chi connectivity index (χ4v) is 10.8. The van der Waals surface area contributed by atoms with Crippen LogP contribution in [0.4, 0.5) is 22.4 Å². The van der Waals surface area contributed by atoms with Crippen molar-refractivity contribution in [2.75, 3.05) is 13.7 Å². The third-order valence-electron chi connectivity index (χ3n) is 14.3. The summed E-state index contributed by atoms with van der Waals surface area (Å²) in [4.78, 5) is 66.9. The zero-order valence-corrected chi connectivity index (χ0v) is 37.6. The molecule has 0 spiro atoms. The number of methoxy groups -OCH3 is 1. The summed E-state index contributed by atoms with van der Waals surface area (Å²) >= 11 is 0. The van der Waals surface area contributed by atoms with Crippen LogP contribution in [0, 0.1) is 35.0 Å². The summed E-state index contributed by atoms with van der Waals surface area (Å²) < 4.78 is 106. The third-order valence-corrected chi connectivity index (χ3v) is 16.4. The number of rotatable bonds is 7. The van der Waals surface area contributed by atoms with E-state index >= 15 is 8.78 Å². The van der Waals surface area contributed by atoms with Crippen LogP contribution in [0.25, 0.3) is 11.0 Å². The lowest BCUT2D eigenvalue weighted by Gasteiger charge is -2.36. The average molecular weight is 911 g/mol. The van der Waals surface area contributed by atoms with Crippen LogP contribution in [0.5, 0.6) is 11.6 Å². The Bertz CT molecular complexity index is 2260. The van der Waals surface area contributed by atoms with E-state index in [1.165, 1.54) is 33.1 Å². The highest BCUT2D eigenvalue weighted by Gasteiger charge is 2.68. The van der Waals surface area contributed by atoms with Crippen molar-refractivity contribution in [1.29, 1.82) is 0 Å². The third kappa shape index (κ3) is 8.85. The Morgan fingerprint density at radius 2 is 1.70 bits per heavy atom. The molecule has 10 atom stereocenters. The minimum absolute atomic E-state index is 0.0806. The maximum atomic E-state index is 16.6. The summed E-state index contributed by atoms with van der Waals surface area (Å²) in [5, 5.41) is 5.12. The zero-order valence-electron chi connectivity index (χ0n) is 36.8. The monoisotopic (exact) mass is 910 g/mol. The Labute approximate surface area is 364 Å². The van der Waals surface area contributed by atoms with Gasteiger partial charge in [-0.05, 0) is 80.8 Å². The van der Waals surface area contributed by atoms with Crippen molar-refractivity contribution in [3.05, 3.63) is 23.9 Å². The van der Waals surface area contributed by atoms with Gasteiger partial charge in [0.05, 0.1) is 35.4 Å². The van der Waals surface area contributed by atoms with Gasteiger partial charge in [-0.2, -0.15) is 8.78 Å². The number of aromatic nitrogens is 2. The second-order valence-corrected chi connectivity index (χ2v) is 21.9. The Kier molecular flexibility index (Phi) is 12.2. The van der Waals surface area contributed by atoms with Gasteiger partial charge in [-0.1, -0.05) is 48.0 Å². The second-order valence-electron chi connectivity index (χ2n) is 19.7. The van der Waals surface area contributed by atoms with Crippen molar-refractivity contribution in [3.63, 3.8) is 0 Å². The van der Waals surface area contributed by atoms with Gasteiger partial charge in [0, 0.05) is 18.4 Å². The summed E-state index contributed by atoms with van der Waals surface area (Å²) in [7, 11) is -2.90. The Balaban J connectivity index is 1.30. The number of ether oxygens (including phenoxy) is 3. The molecule has 3 heterocycles. The number of halogens is 4. The first-order valence-corrected chi connectivity index (χ1v) is 23.2. The molecule has 1 aromatic carbocycles. The van der Waals surface area contributed by atoms with E-state index in [2.05, 4.69) is 20.6 Å². The SMILES string of the molecule is COc1ccc2nc3c(nc2c1)O[C@H]1CN(C(=O)[C@H](C(C)(C)C)NC(=O)O[C@@H]2C[C@H](C)[C@H](C)[C@H]2CCCCC3(F)F)[C@H](C(=O)N[C@]2(C(=O)NS(=O)(=O)C3(C)CC3)C[C@H]2C(F)F)[C@@H]1C. The predicted molar refractivity (Wildman–Crippen MR) is 220 cm³/mol. The maximum Gasteiger partial charge on any atom is 0.408 e. The number of nitrogens with one attached hydrogen (secondary N) is 3. The molecule has 2 bridgehead atoms. The summed E-state index contributed by atoms with van der Waals surface area (Å²) in [6.07, 6.45) is -5.14. The number of hydrogen-bond donors (Lipinski definition) is 3. The van der Waals surface area contributed by atoms with E-state index < -0.39 is 129 Å². The van der Waals surface area contributed by atoms with E-state index in [1.807, 2.05) is 18.6 Å². The Hall–Kier alpha value is -4.49. The summed E-state index contributed by atoms with van der Waals surface area (Å²) in [5.74, 6) is -9.82. The topological polar surface area (TPSA) is 195 Å². The zero-order chi connectivity index (χ0) is 46.2. The van der Waals surface area contributed by atoms with Gasteiger partial charge in [0.25, 0.3) is 11.8 Å². The molecule has 15 nitrogen and oxygen atoms in total. The van der Waals surface area contributed by atoms with Crippen molar-refractivity contribution in [2.24, 2.45) is 35.0 Å². The lowest BCUT2D eigenvalue weighted by molar-refractivity contribution is -0.143. The smallest absolute Gasteiger partial charge is 0.408 e. The number of fused-ring (bicyclic) bond motifs is 5. The standard InChI is InChI=1S/C43H58F4N6O9S/c1-21-17-29-25(22(21)2)11-9-10-14-43(46,47)32-36(49-28-18-24(60-8)12-13-27(28)48-32)61-30-20-53(37(55)33(40(4,5)6)50-39(57)62-29)31(23(30)3)35(54)51-42(19-26(42)34(44)45)38(56)52-63(58,59)41(7)15-16-41/h12-13,18,21-23,25-26,29-31,33-34H,9-11,14-17,19-20H2,1-8H3,(H,50,57)(H,51,54)(H,52,56)/t21-,22-,23+,25+,26-,29+,30-,31-,33+,42+/m0/s1. The highest BCUT2D eigenvalue weighted by atomic mass is 32.2. The summed E-state index contributed by atoms with van der Waals surface area (Å²) in [6, 6.07) is 1.55. The van der Waals surface area contributed by atoms with Crippen LogP contribution in [-0.4, -0.2) is 102 Å². The molecule has 3 N–H and O–H groups in total. The first kappa shape index (κ1) is 46.5. The molecule has 2 aliphatic heterocycles. The minimum atomic E-state index is -4.32. The number of benzene rings is 1. The summed E-state index contributed by atoms with van der Waals surface area (Å²) in [6.45, 7) is 11.5. The number of alkyl carbamates (subject to hydrolysis) is 1. The van der Waals surface area contributed by atoms with Crippen molar-refractivity contribution >= 4 is 44.9 Å². The molecule has 7 rings (SSSR count). The molecule has 3 saturated carbocycles. The van der Waals surface area contributed by atoms with E-state index in [0.29, 0.717) is 25.0 Å². The van der Waals surface area contributed by atoms with Gasteiger partial charge in [-0.15, -0.1) is 0 Å². The van der Waals surface area contributed by atoms with Crippen LogP contribution in [0.2, 0.25) is 0 Å². The molecular formula is C43H58F4N6O9S. The first-order valence-electron chi connectivity index (χ1n) is 21.7. The number of amides is 4. The molecule has 0 unspecified atom stereocenters. The molecule has 20 heteroatoms. The molecule has 3 aliphatic carbocycles. The highest BCUT2D eigenvalue weighted by molar-refractivity contribution is 7.91. The molecule has 63 heavy (non-hydrogen) atoms. The van der Waals surface area contributed by atoms with E-state index in [-0.39, 0.29) is 48.0 Å². The van der Waals surface area contributed by atoms with E-state index in [9.17, 15) is 36.4 Å². The molecule has 1 aromatic heterocycles. The molecule has 2 aromatic rings. The van der Waals surface area contributed by atoms with E-state index in [0.717, 1.165) is 4.90 Å². The maximum absolute atomic E-state index is 16.6. The van der Waals surface area contributed by atoms with Gasteiger partial charge in [0.15, 0.2) is 5.69 Å². The fourth-order valence-electron chi connectivity index (χ4n) is 9.50. The Morgan fingerprint density at radius 3 is 2.32 bits per heavy atom. The number of carbonyl (C=O) groups excluding carboxylic acids is 4. The molecule has 5 aliphatic rings. The largest absolute Gasteiger partial charge is 0.497 e. The molecule has 1 saturated heterocycles. The number of alkyl halides is 4. The van der Waals surface area contributed by atoms with Crippen LogP contribution < -0.4 is 24.8 Å². The van der Waals surface area contributed by atoms with Crippen molar-refractivity contribution < 1.29 is 59.4 Å². The fraction of sp³-hybridized carbons (Fsp3) is 0.721. The van der Waals surface area contributed by atoms with Gasteiger partial charge in [-0.3, -0.25) is 19.1 Å². The second kappa shape index (κ2) is 16.5. The summed E-state index contributed by atoms with van der Waals surface area (Å²) in [5.41, 5.74) is -3.87. The molecular weight excluding hydrogens is 853 g/mol. The highest BCUT2D eigenvalue weighted by Crippen LogP contribution is 2.50. The number of nitrogens with zero attached hydrogens (tertiary/aromatic N) is 3. The van der Waals surface area contributed by atoms with Crippen LogP contribution >= 0.6 is 0 Å². The Morgan fingerprint density at radius 1 is 1.00 bits per heavy atom. The van der Waals surface area contributed by atoms with Gasteiger partial charge in [0.2, 0.25) is 34.1 Å². The lowest BCUT2D eigenvalue weighted by atomic mass is 9.85. The van der Waals surface area contributed by atoms with Crippen LogP contribution in [0.1, 0.15) is 106 Å². The normalized spacial score (nSPS) is 33.2. The van der Waals surface area contributed by atoms with Crippen molar-refractivity contribution in [1.82, 2.24) is 30.2 Å². The van der Waals surface area contributed by atoms with Gasteiger partial charge in [-0.25, -0.2) is 32.0 Å². The predicted octanol–water partition coefficient (Wildman–Crippen LogP) is 5.84. The first-order chi connectivity index (χ1) is 29.3. The quantitative estimate of drug-likeness (QED) is 0.283. The van der Waals surface area contributed by atoms with Gasteiger partial charge in [0.1, 0.15) is 35.6 Å². The van der Waals surface area contributed by atoms with E-state index in [4.69, 9.17) is 14.2 Å². The van der Waals surface area contributed by atoms with Crippen LogP contribution in [0.3, 0.4) is 0 Å². The van der Waals surface area contributed by atoms with Gasteiger partial charge >= 0.3 is 6.09 Å². The average Bonchev–Trinajstić information content (AvgIpc) is 4.09. The number of sulfonamides is 1. The van der Waals surface area contributed by atoms with Crippen molar-refractivity contribution in [3.8, 4) is 11.6 Å². The number of carbonyl (C=O) groups is 4. The lowest BCUT2D eigenvalue weighted by Crippen LogP contribution is -2.61. The molecule has 348 valence electrons. The van der Waals surface area contributed by atoms with E-state index in [1.54, 1.807) is 26.8 Å². The van der Waals surface area contributed by atoms with Gasteiger partial charge < -0.3 is 29.7 Å². The number of hydrogen-bond acceptors (Lipinski definition) is 11. The molecule has 4 fully saturated rings. The molecule has 4 amide bonds. The van der Waals surface area contributed by atoms with Crippen molar-refractivity contribution in [2.45, 2.75) is 147 Å². The van der Waals surface area contributed by atoms with Crippen LogP contribution in [0.15, 0.2) is 18.2 Å². The van der Waals surface area contributed by atoms with Crippen LogP contribution in [-0.2, 0) is 35.1 Å².